The number of hydrogen-bond acceptors (Lipinski definition) is 4. The van der Waals surface area contributed by atoms with Crippen LogP contribution in [-0.4, -0.2) is 26.2 Å². The molecule has 0 unspecified atom stereocenters. The molecule has 2 rings (SSSR count). The van der Waals surface area contributed by atoms with Crippen LogP contribution in [0.15, 0.2) is 42.5 Å². The van der Waals surface area contributed by atoms with Crippen LogP contribution < -0.4 is 20.1 Å². The maximum absolute atomic E-state index is 12.3. The molecule has 2 N–H and O–H groups in total. The van der Waals surface area contributed by atoms with Crippen molar-refractivity contribution in [3.63, 3.8) is 0 Å². The van der Waals surface area contributed by atoms with Gasteiger partial charge in [0.1, 0.15) is 17.5 Å². The van der Waals surface area contributed by atoms with Crippen LogP contribution in [0.25, 0.3) is 0 Å². The second-order valence-corrected chi connectivity index (χ2v) is 5.40. The predicted octanol–water partition coefficient (Wildman–Crippen LogP) is 3.80. The van der Waals surface area contributed by atoms with Crippen LogP contribution >= 0.6 is 11.6 Å². The summed E-state index contributed by atoms with van der Waals surface area (Å²) >= 11 is 5.84. The summed E-state index contributed by atoms with van der Waals surface area (Å²) in [6.07, 6.45) is 0. The van der Waals surface area contributed by atoms with Crippen molar-refractivity contribution in [3.8, 4) is 11.5 Å². The molecule has 6 heteroatoms. The first kappa shape index (κ1) is 17.0. The van der Waals surface area contributed by atoms with Crippen molar-refractivity contribution >= 4 is 28.9 Å². The van der Waals surface area contributed by atoms with Crippen LogP contribution in [0.4, 0.5) is 11.4 Å². The minimum atomic E-state index is -0.423. The van der Waals surface area contributed by atoms with Gasteiger partial charge in [-0.15, -0.1) is 0 Å². The van der Waals surface area contributed by atoms with Crippen molar-refractivity contribution in [1.82, 2.24) is 0 Å². The maximum atomic E-state index is 12.3. The van der Waals surface area contributed by atoms with Crippen LogP contribution in [0.1, 0.15) is 6.92 Å². The average Bonchev–Trinajstić information content (AvgIpc) is 2.56. The van der Waals surface area contributed by atoms with Gasteiger partial charge in [0.05, 0.1) is 14.2 Å². The molecular formula is C17H19ClN2O3. The lowest BCUT2D eigenvalue weighted by atomic mass is 10.2. The van der Waals surface area contributed by atoms with Gasteiger partial charge in [0.25, 0.3) is 0 Å². The van der Waals surface area contributed by atoms with Crippen molar-refractivity contribution < 1.29 is 14.3 Å². The Labute approximate surface area is 140 Å². The fraction of sp³-hybridized carbons (Fsp3) is 0.235. The summed E-state index contributed by atoms with van der Waals surface area (Å²) in [5.74, 6) is 1.05. The normalized spacial score (nSPS) is 11.5. The fourth-order valence-electron chi connectivity index (χ4n) is 1.99. The van der Waals surface area contributed by atoms with E-state index in [0.717, 1.165) is 5.69 Å². The first-order valence-electron chi connectivity index (χ1n) is 7.08. The lowest BCUT2D eigenvalue weighted by Gasteiger charge is -2.16. The summed E-state index contributed by atoms with van der Waals surface area (Å²) in [5, 5.41) is 6.60. The summed E-state index contributed by atoms with van der Waals surface area (Å²) in [6, 6.07) is 12.0. The lowest BCUT2D eigenvalue weighted by molar-refractivity contribution is -0.116. The lowest BCUT2D eigenvalue weighted by Crippen LogP contribution is -2.31. The number of rotatable bonds is 6. The Morgan fingerprint density at radius 1 is 1.00 bits per heavy atom. The van der Waals surface area contributed by atoms with Gasteiger partial charge in [0.15, 0.2) is 0 Å². The van der Waals surface area contributed by atoms with Gasteiger partial charge in [-0.05, 0) is 31.2 Å². The van der Waals surface area contributed by atoms with Crippen LogP contribution in [0.5, 0.6) is 11.5 Å². The minimum absolute atomic E-state index is 0.171. The van der Waals surface area contributed by atoms with E-state index in [9.17, 15) is 4.79 Å². The van der Waals surface area contributed by atoms with Gasteiger partial charge in [0.2, 0.25) is 5.91 Å². The van der Waals surface area contributed by atoms with Crippen molar-refractivity contribution in [2.45, 2.75) is 13.0 Å². The van der Waals surface area contributed by atoms with E-state index < -0.39 is 6.04 Å². The van der Waals surface area contributed by atoms with Gasteiger partial charge in [-0.1, -0.05) is 11.6 Å². The number of hydrogen-bond donors (Lipinski definition) is 2. The number of methoxy groups -OCH3 is 2. The number of anilines is 2. The quantitative estimate of drug-likeness (QED) is 0.843. The molecular weight excluding hydrogens is 316 g/mol. The van der Waals surface area contributed by atoms with E-state index in [4.69, 9.17) is 21.1 Å². The maximum Gasteiger partial charge on any atom is 0.246 e. The molecule has 1 amide bonds. The second-order valence-electron chi connectivity index (χ2n) is 4.96. The number of halogens is 1. The van der Waals surface area contributed by atoms with E-state index in [1.54, 1.807) is 51.5 Å². The summed E-state index contributed by atoms with van der Waals surface area (Å²) in [6.45, 7) is 1.78. The zero-order valence-corrected chi connectivity index (χ0v) is 14.0. The zero-order chi connectivity index (χ0) is 16.8. The number of carbonyl (C=O) groups excluding carboxylic acids is 1. The highest BCUT2D eigenvalue weighted by molar-refractivity contribution is 6.30. The zero-order valence-electron chi connectivity index (χ0n) is 13.2. The first-order chi connectivity index (χ1) is 11.0. The van der Waals surface area contributed by atoms with Crippen molar-refractivity contribution in [2.75, 3.05) is 24.9 Å². The summed E-state index contributed by atoms with van der Waals surface area (Å²) in [5.41, 5.74) is 1.43. The van der Waals surface area contributed by atoms with E-state index in [1.807, 2.05) is 12.1 Å². The number of carbonyl (C=O) groups is 1. The molecule has 0 aliphatic heterocycles. The Morgan fingerprint density at radius 2 is 1.57 bits per heavy atom. The van der Waals surface area contributed by atoms with Crippen molar-refractivity contribution in [1.29, 1.82) is 0 Å². The molecule has 23 heavy (non-hydrogen) atoms. The molecule has 2 aromatic rings. The van der Waals surface area contributed by atoms with E-state index in [-0.39, 0.29) is 5.91 Å². The van der Waals surface area contributed by atoms with Crippen LogP contribution in [0.3, 0.4) is 0 Å². The molecule has 0 aliphatic rings. The van der Waals surface area contributed by atoms with Gasteiger partial charge >= 0.3 is 0 Å². The van der Waals surface area contributed by atoms with Crippen LogP contribution in [-0.2, 0) is 4.79 Å². The fourth-order valence-corrected chi connectivity index (χ4v) is 2.12. The highest BCUT2D eigenvalue weighted by Gasteiger charge is 2.14. The van der Waals surface area contributed by atoms with Crippen molar-refractivity contribution in [2.24, 2.45) is 0 Å². The molecule has 0 saturated heterocycles. The van der Waals surface area contributed by atoms with E-state index in [1.165, 1.54) is 0 Å². The Bertz CT molecular complexity index is 652. The summed E-state index contributed by atoms with van der Waals surface area (Å²) < 4.78 is 10.4. The van der Waals surface area contributed by atoms with E-state index >= 15 is 0 Å². The molecule has 0 aliphatic carbocycles. The Kier molecular flexibility index (Phi) is 5.71. The molecule has 0 bridgehead atoms. The topological polar surface area (TPSA) is 59.6 Å². The third-order valence-corrected chi connectivity index (χ3v) is 3.49. The highest BCUT2D eigenvalue weighted by Crippen LogP contribution is 2.26. The standard InChI is InChI=1S/C17H19ClN2O3/c1-11(19-13-6-4-12(18)5-7-13)17(21)20-14-8-15(22-2)10-16(9-14)23-3/h4-11,19H,1-3H3,(H,20,21)/t11-/m1/s1. The van der Waals surface area contributed by atoms with Gasteiger partial charge in [-0.3, -0.25) is 4.79 Å². The van der Waals surface area contributed by atoms with Crippen LogP contribution in [0.2, 0.25) is 5.02 Å². The molecule has 5 nitrogen and oxygen atoms in total. The molecule has 0 aromatic heterocycles. The number of benzene rings is 2. The summed E-state index contributed by atoms with van der Waals surface area (Å²) in [4.78, 5) is 12.3. The van der Waals surface area contributed by atoms with Gasteiger partial charge in [-0.25, -0.2) is 0 Å². The first-order valence-corrected chi connectivity index (χ1v) is 7.45. The minimum Gasteiger partial charge on any atom is -0.497 e. The third kappa shape index (κ3) is 4.79. The van der Waals surface area contributed by atoms with Gasteiger partial charge in [0, 0.05) is 34.6 Å². The Balaban J connectivity index is 2.04. The number of amides is 1. The average molecular weight is 335 g/mol. The second kappa shape index (κ2) is 7.74. The van der Waals surface area contributed by atoms with Gasteiger partial charge < -0.3 is 20.1 Å². The Hall–Kier alpha value is -2.40. The highest BCUT2D eigenvalue weighted by atomic mass is 35.5. The van der Waals surface area contributed by atoms with E-state index in [0.29, 0.717) is 22.2 Å². The molecule has 1 atom stereocenters. The largest absolute Gasteiger partial charge is 0.497 e. The third-order valence-electron chi connectivity index (χ3n) is 3.24. The molecule has 0 fully saturated rings. The number of nitrogens with one attached hydrogen (secondary N) is 2. The summed E-state index contributed by atoms with van der Waals surface area (Å²) in [7, 11) is 3.12. The molecule has 0 saturated carbocycles. The molecule has 122 valence electrons. The monoisotopic (exact) mass is 334 g/mol. The van der Waals surface area contributed by atoms with Crippen LogP contribution in [0, 0.1) is 0 Å². The predicted molar refractivity (Wildman–Crippen MR) is 92.7 cm³/mol. The molecule has 0 spiro atoms. The van der Waals surface area contributed by atoms with Gasteiger partial charge in [-0.2, -0.15) is 0 Å². The smallest absolute Gasteiger partial charge is 0.246 e. The molecule has 0 radical (unpaired) electrons. The molecule has 0 heterocycles. The SMILES string of the molecule is COc1cc(NC(=O)[C@@H](C)Nc2ccc(Cl)cc2)cc(OC)c1. The van der Waals surface area contributed by atoms with E-state index in [2.05, 4.69) is 10.6 Å². The Morgan fingerprint density at radius 3 is 2.09 bits per heavy atom. The number of ether oxygens (including phenoxy) is 2. The van der Waals surface area contributed by atoms with Crippen molar-refractivity contribution in [3.05, 3.63) is 47.5 Å². The molecule has 2 aromatic carbocycles.